The molecule has 0 aromatic heterocycles. The van der Waals surface area contributed by atoms with E-state index in [-0.39, 0.29) is 44.2 Å². The van der Waals surface area contributed by atoms with Crippen LogP contribution in [-0.2, 0) is 28.8 Å². The van der Waals surface area contributed by atoms with Crippen LogP contribution in [0.4, 0.5) is 0 Å². The number of carbonyl (C=O) groups excluding carboxylic acids is 5. The topological polar surface area (TPSA) is 235 Å². The molecule has 3 aliphatic rings. The lowest BCUT2D eigenvalue weighted by atomic mass is 10.1. The van der Waals surface area contributed by atoms with Crippen LogP contribution in [0.1, 0.15) is 79.6 Å². The summed E-state index contributed by atoms with van der Waals surface area (Å²) in [5.74, 6) is -1.38. The zero-order chi connectivity index (χ0) is 31.4. The van der Waals surface area contributed by atoms with E-state index in [9.17, 15) is 24.0 Å². The first kappa shape index (κ1) is 42.1. The summed E-state index contributed by atoms with van der Waals surface area (Å²) in [7, 11) is 8.19. The highest BCUT2D eigenvalue weighted by molar-refractivity contribution is 6.01. The highest BCUT2D eigenvalue weighted by Crippen LogP contribution is 2.32. The van der Waals surface area contributed by atoms with Gasteiger partial charge in [0.1, 0.15) is 0 Å². The van der Waals surface area contributed by atoms with Crippen LogP contribution in [-0.4, -0.2) is 87.3 Å². The second kappa shape index (κ2) is 22.3. The molecule has 3 aliphatic heterocycles. The molecule has 0 bridgehead atoms. The predicted molar refractivity (Wildman–Crippen MR) is 155 cm³/mol. The van der Waals surface area contributed by atoms with Crippen molar-refractivity contribution in [2.24, 2.45) is 31.9 Å². The minimum absolute atomic E-state index is 0. The molecule has 1 fully saturated rings. The van der Waals surface area contributed by atoms with Crippen LogP contribution < -0.4 is 27.4 Å². The van der Waals surface area contributed by atoms with E-state index < -0.39 is 23.4 Å². The molecule has 0 radical (unpaired) electrons. The molecule has 1 atom stereocenters. The van der Waals surface area contributed by atoms with Crippen molar-refractivity contribution in [3.63, 3.8) is 0 Å². The zero-order valence-electron chi connectivity index (χ0n) is 25.1. The van der Waals surface area contributed by atoms with Crippen molar-refractivity contribution in [2.75, 3.05) is 35.2 Å². The van der Waals surface area contributed by atoms with Gasteiger partial charge in [-0.25, -0.2) is 4.79 Å². The SMILES string of the molecule is C.CC1(CCC(=O)ON2C(=O)CCC2=O)N=N1.CN.CN.CNC(=O)CCC(C)NC.CNC(=O)CCC1(C)N=N1. The van der Waals surface area contributed by atoms with Crippen LogP contribution in [0.3, 0.4) is 0 Å². The quantitative estimate of drug-likeness (QED) is 0.217. The van der Waals surface area contributed by atoms with E-state index in [2.05, 4.69) is 59.6 Å². The maximum atomic E-state index is 11.3. The Morgan fingerprint density at radius 2 is 1.22 bits per heavy atom. The molecule has 4 amide bonds. The standard InChI is InChI=1S/C9H11N3O4.C7H16N2O.C6H11N3O.2CH5N.CH4/c1-9(10-11-9)5-4-8(15)16-12-6(13)2-3-7(12)14;1-6(8-2)4-5-7(10)9-3;1-6(8-9-6)4-3-5(10)7-2;2*1-2;/h2-5H2,1H3;6,8H,4-5H2,1-3H3,(H,9,10);3-4H2,1-2H3,(H,7,10);2*2H2,1H3;1H4. The van der Waals surface area contributed by atoms with Crippen LogP contribution >= 0.6 is 0 Å². The Balaban J connectivity index is -0.000000511. The van der Waals surface area contributed by atoms with Gasteiger partial charge in [0.25, 0.3) is 11.8 Å². The largest absolute Gasteiger partial charge is 0.359 e. The smallest absolute Gasteiger partial charge is 0.333 e. The number of hydrogen-bond donors (Lipinski definition) is 5. The molecule has 0 saturated carbocycles. The van der Waals surface area contributed by atoms with Crippen LogP contribution in [0.15, 0.2) is 20.5 Å². The zero-order valence-corrected chi connectivity index (χ0v) is 25.1. The van der Waals surface area contributed by atoms with Gasteiger partial charge >= 0.3 is 5.97 Å². The molecule has 3 rings (SSSR count). The highest BCUT2D eigenvalue weighted by atomic mass is 16.7. The normalized spacial score (nSPS) is 16.3. The molecule has 238 valence electrons. The molecular weight excluding hydrogens is 536 g/mol. The van der Waals surface area contributed by atoms with Crippen LogP contribution in [0, 0.1) is 0 Å². The van der Waals surface area contributed by atoms with E-state index in [0.717, 1.165) is 12.8 Å². The number of rotatable bonds is 11. The molecule has 0 aromatic rings. The van der Waals surface area contributed by atoms with Crippen molar-refractivity contribution in [1.82, 2.24) is 21.0 Å². The maximum absolute atomic E-state index is 11.3. The van der Waals surface area contributed by atoms with Gasteiger partial charge in [0.2, 0.25) is 11.8 Å². The van der Waals surface area contributed by atoms with Gasteiger partial charge in [-0.15, -0.1) is 5.06 Å². The fraction of sp³-hybridized carbons (Fsp3) is 0.800. The van der Waals surface area contributed by atoms with Crippen molar-refractivity contribution in [3.8, 4) is 0 Å². The first-order valence-electron chi connectivity index (χ1n) is 13.1. The lowest BCUT2D eigenvalue weighted by Gasteiger charge is -2.12. The summed E-state index contributed by atoms with van der Waals surface area (Å²) < 4.78 is 0. The summed E-state index contributed by atoms with van der Waals surface area (Å²) in [4.78, 5) is 59.6. The second-order valence-electron chi connectivity index (χ2n) is 8.95. The lowest BCUT2D eigenvalue weighted by Crippen LogP contribution is -2.32. The van der Waals surface area contributed by atoms with Gasteiger partial charge in [0, 0.05) is 58.7 Å². The number of imide groups is 1. The molecule has 16 heteroatoms. The Labute approximate surface area is 243 Å². The summed E-state index contributed by atoms with van der Waals surface area (Å²) in [5.41, 5.74) is 8.30. The maximum Gasteiger partial charge on any atom is 0.333 e. The number of nitrogens with one attached hydrogen (secondary N) is 3. The fourth-order valence-corrected chi connectivity index (χ4v) is 2.61. The molecular formula is C25H52N10O6. The fourth-order valence-electron chi connectivity index (χ4n) is 2.61. The van der Waals surface area contributed by atoms with Gasteiger partial charge in [0.15, 0.2) is 11.3 Å². The predicted octanol–water partition coefficient (Wildman–Crippen LogP) is 1.16. The van der Waals surface area contributed by atoms with Crippen molar-refractivity contribution in [2.45, 2.75) is 96.9 Å². The number of nitrogens with two attached hydrogens (primary N) is 2. The Hall–Kier alpha value is -3.37. The minimum atomic E-state index is -0.609. The van der Waals surface area contributed by atoms with Gasteiger partial charge in [-0.1, -0.05) is 7.43 Å². The van der Waals surface area contributed by atoms with E-state index >= 15 is 0 Å². The Morgan fingerprint density at radius 1 is 0.829 bits per heavy atom. The first-order chi connectivity index (χ1) is 18.9. The number of amides is 4. The third-order valence-corrected chi connectivity index (χ3v) is 5.57. The Morgan fingerprint density at radius 3 is 1.59 bits per heavy atom. The highest BCUT2D eigenvalue weighted by Gasteiger charge is 2.36. The van der Waals surface area contributed by atoms with Crippen LogP contribution in [0.5, 0.6) is 0 Å². The number of hydroxylamine groups is 2. The number of nitrogens with zero attached hydrogens (tertiary/aromatic N) is 5. The molecule has 0 spiro atoms. The van der Waals surface area contributed by atoms with Crippen molar-refractivity contribution in [1.29, 1.82) is 0 Å². The summed E-state index contributed by atoms with van der Waals surface area (Å²) in [6, 6.07) is 0.428. The molecule has 1 unspecified atom stereocenters. The van der Waals surface area contributed by atoms with E-state index in [4.69, 9.17) is 0 Å². The summed E-state index contributed by atoms with van der Waals surface area (Å²) in [6.45, 7) is 5.76. The summed E-state index contributed by atoms with van der Waals surface area (Å²) >= 11 is 0. The Bertz CT molecular complexity index is 853. The van der Waals surface area contributed by atoms with Gasteiger partial charge in [-0.05, 0) is 48.3 Å². The average Bonchev–Trinajstić information content (AvgIpc) is 3.89. The third kappa shape index (κ3) is 20.2. The number of hydrogen-bond acceptors (Lipinski definition) is 13. The van der Waals surface area contributed by atoms with Gasteiger partial charge < -0.3 is 32.3 Å². The van der Waals surface area contributed by atoms with Crippen LogP contribution in [0.25, 0.3) is 0 Å². The molecule has 3 heterocycles. The van der Waals surface area contributed by atoms with Gasteiger partial charge in [-0.3, -0.25) is 19.2 Å². The third-order valence-electron chi connectivity index (χ3n) is 5.57. The number of carbonyl (C=O) groups is 5. The molecule has 0 aromatic carbocycles. The molecule has 0 aliphatic carbocycles. The summed E-state index contributed by atoms with van der Waals surface area (Å²) in [5, 5.41) is 23.8. The van der Waals surface area contributed by atoms with Gasteiger partial charge in [0.05, 0.1) is 6.42 Å². The molecule has 1 saturated heterocycles. The second-order valence-corrected chi connectivity index (χ2v) is 8.95. The van der Waals surface area contributed by atoms with Gasteiger partial charge in [-0.2, -0.15) is 20.5 Å². The van der Waals surface area contributed by atoms with Crippen molar-refractivity contribution in [3.05, 3.63) is 0 Å². The lowest BCUT2D eigenvalue weighted by molar-refractivity contribution is -0.197. The minimum Gasteiger partial charge on any atom is -0.359 e. The average molecular weight is 589 g/mol. The monoisotopic (exact) mass is 588 g/mol. The Kier molecular flexibility index (Phi) is 22.9. The van der Waals surface area contributed by atoms with Crippen molar-refractivity contribution < 1.29 is 28.8 Å². The molecule has 7 N–H and O–H groups in total. The summed E-state index contributed by atoms with van der Waals surface area (Å²) in [6.07, 6.45) is 3.48. The molecule has 41 heavy (non-hydrogen) atoms. The van der Waals surface area contributed by atoms with E-state index in [1.807, 2.05) is 14.0 Å². The van der Waals surface area contributed by atoms with E-state index in [0.29, 0.717) is 30.4 Å². The van der Waals surface area contributed by atoms with E-state index in [1.54, 1.807) is 21.0 Å². The van der Waals surface area contributed by atoms with E-state index in [1.165, 1.54) is 14.1 Å². The molecule has 16 nitrogen and oxygen atoms in total. The first-order valence-corrected chi connectivity index (χ1v) is 13.1. The van der Waals surface area contributed by atoms with Crippen molar-refractivity contribution >= 4 is 29.6 Å². The van der Waals surface area contributed by atoms with Crippen LogP contribution in [0.2, 0.25) is 0 Å².